The molecule has 1 saturated heterocycles. The van der Waals surface area contributed by atoms with Crippen LogP contribution in [-0.4, -0.2) is 24.5 Å². The van der Waals surface area contributed by atoms with Crippen molar-refractivity contribution in [2.24, 2.45) is 0 Å². The molecule has 0 aromatic heterocycles. The molecule has 0 aliphatic carbocycles. The minimum atomic E-state index is -0.259. The van der Waals surface area contributed by atoms with Gasteiger partial charge in [0.1, 0.15) is 6.61 Å². The Hall–Kier alpha value is -0.770. The molecule has 1 heterocycles. The summed E-state index contributed by atoms with van der Waals surface area (Å²) in [4.78, 5) is 10.4. The van der Waals surface area contributed by atoms with E-state index in [0.717, 1.165) is 12.8 Å². The summed E-state index contributed by atoms with van der Waals surface area (Å²) in [5.41, 5.74) is 0. The zero-order valence-corrected chi connectivity index (χ0v) is 7.74. The van der Waals surface area contributed by atoms with Gasteiger partial charge in [0.2, 0.25) is 0 Å². The second-order valence-electron chi connectivity index (χ2n) is 2.66. The highest BCUT2D eigenvalue weighted by Gasteiger charge is 2.18. The second kappa shape index (κ2) is 4.98. The Bertz CT molecular complexity index is 184. The third kappa shape index (κ3) is 3.57. The van der Waals surface area contributed by atoms with Gasteiger partial charge in [-0.15, -0.1) is 12.4 Å². The maximum Gasteiger partial charge on any atom is 0.302 e. The van der Waals surface area contributed by atoms with E-state index < -0.39 is 0 Å². The summed E-state index contributed by atoms with van der Waals surface area (Å²) >= 11 is 0. The summed E-state index contributed by atoms with van der Waals surface area (Å²) in [6, 6.07) is 0.159. The van der Waals surface area contributed by atoms with E-state index >= 15 is 0 Å². The van der Waals surface area contributed by atoms with Crippen molar-refractivity contribution in [3.63, 3.8) is 0 Å². The lowest BCUT2D eigenvalue weighted by Crippen LogP contribution is -2.30. The van der Waals surface area contributed by atoms with Crippen molar-refractivity contribution in [1.29, 1.82) is 5.41 Å². The Morgan fingerprint density at radius 3 is 2.92 bits per heavy atom. The lowest BCUT2D eigenvalue weighted by atomic mass is 10.2. The number of amidine groups is 1. The number of hydrogen-bond donors (Lipinski definition) is 2. The summed E-state index contributed by atoms with van der Waals surface area (Å²) in [5, 5.41) is 10.1. The van der Waals surface area contributed by atoms with E-state index in [-0.39, 0.29) is 24.4 Å². The quantitative estimate of drug-likeness (QED) is 0.634. The molecule has 0 radical (unpaired) electrons. The molecule has 0 spiro atoms. The van der Waals surface area contributed by atoms with Gasteiger partial charge in [-0.25, -0.2) is 0 Å². The Kier molecular flexibility index (Phi) is 4.66. The Balaban J connectivity index is 0.00000121. The van der Waals surface area contributed by atoms with Gasteiger partial charge in [0.15, 0.2) is 0 Å². The molecule has 1 unspecified atom stereocenters. The number of halogens is 1. The number of nitrogens with one attached hydrogen (secondary N) is 2. The molecule has 1 aliphatic rings. The standard InChI is InChI=1S/C7H12N2O2.ClH/c1-5(10)11-4-6-2-3-7(8)9-6;/h6H,2-4H2,1H3,(H2,8,9);1H. The molecule has 0 bridgehead atoms. The lowest BCUT2D eigenvalue weighted by molar-refractivity contribution is -0.141. The van der Waals surface area contributed by atoms with Gasteiger partial charge in [-0.1, -0.05) is 0 Å². The molecule has 70 valence electrons. The fraction of sp³-hybridized carbons (Fsp3) is 0.714. The van der Waals surface area contributed by atoms with Crippen LogP contribution >= 0.6 is 12.4 Å². The smallest absolute Gasteiger partial charge is 0.302 e. The van der Waals surface area contributed by atoms with Crippen molar-refractivity contribution in [3.8, 4) is 0 Å². The summed E-state index contributed by atoms with van der Waals surface area (Å²) < 4.78 is 4.78. The van der Waals surface area contributed by atoms with Crippen LogP contribution in [0.2, 0.25) is 0 Å². The number of rotatable bonds is 2. The van der Waals surface area contributed by atoms with E-state index in [2.05, 4.69) is 5.32 Å². The Morgan fingerprint density at radius 2 is 2.50 bits per heavy atom. The summed E-state index contributed by atoms with van der Waals surface area (Å²) in [6.45, 7) is 1.78. The van der Waals surface area contributed by atoms with Crippen molar-refractivity contribution >= 4 is 24.2 Å². The molecule has 0 saturated carbocycles. The normalized spacial score (nSPS) is 21.1. The second-order valence-corrected chi connectivity index (χ2v) is 2.66. The molecule has 2 N–H and O–H groups in total. The van der Waals surface area contributed by atoms with Crippen molar-refractivity contribution < 1.29 is 9.53 Å². The van der Waals surface area contributed by atoms with Crippen LogP contribution in [0.5, 0.6) is 0 Å². The van der Waals surface area contributed by atoms with E-state index in [1.54, 1.807) is 0 Å². The SMILES string of the molecule is CC(=O)OCC1CCC(=N)N1.Cl. The topological polar surface area (TPSA) is 62.2 Å². The van der Waals surface area contributed by atoms with E-state index in [0.29, 0.717) is 12.4 Å². The molecule has 1 rings (SSSR count). The third-order valence-electron chi connectivity index (χ3n) is 1.61. The molecule has 0 aromatic rings. The van der Waals surface area contributed by atoms with Crippen LogP contribution in [0.1, 0.15) is 19.8 Å². The largest absolute Gasteiger partial charge is 0.464 e. The van der Waals surface area contributed by atoms with Crippen LogP contribution in [0.15, 0.2) is 0 Å². The molecule has 1 fully saturated rings. The predicted octanol–water partition coefficient (Wildman–Crippen LogP) is 0.701. The van der Waals surface area contributed by atoms with Gasteiger partial charge in [0.25, 0.3) is 0 Å². The molecule has 4 nitrogen and oxygen atoms in total. The van der Waals surface area contributed by atoms with Gasteiger partial charge >= 0.3 is 5.97 Å². The van der Waals surface area contributed by atoms with Crippen molar-refractivity contribution in [1.82, 2.24) is 5.32 Å². The maximum absolute atomic E-state index is 10.4. The monoisotopic (exact) mass is 192 g/mol. The first-order valence-electron chi connectivity index (χ1n) is 3.66. The van der Waals surface area contributed by atoms with Crippen molar-refractivity contribution in [2.45, 2.75) is 25.8 Å². The molecule has 12 heavy (non-hydrogen) atoms. The fourth-order valence-corrected chi connectivity index (χ4v) is 1.05. The Labute approximate surface area is 77.6 Å². The number of carbonyl (C=O) groups is 1. The van der Waals surface area contributed by atoms with Crippen molar-refractivity contribution in [3.05, 3.63) is 0 Å². The predicted molar refractivity (Wildman–Crippen MR) is 47.8 cm³/mol. The van der Waals surface area contributed by atoms with E-state index in [1.807, 2.05) is 0 Å². The highest BCUT2D eigenvalue weighted by atomic mass is 35.5. The molecular weight excluding hydrogens is 180 g/mol. The van der Waals surface area contributed by atoms with Gasteiger partial charge in [-0.2, -0.15) is 0 Å². The van der Waals surface area contributed by atoms with Crippen LogP contribution in [0, 0.1) is 5.41 Å². The molecular formula is C7H13ClN2O2. The number of esters is 1. The van der Waals surface area contributed by atoms with Gasteiger partial charge < -0.3 is 10.1 Å². The third-order valence-corrected chi connectivity index (χ3v) is 1.61. The molecule has 1 atom stereocenters. The lowest BCUT2D eigenvalue weighted by Gasteiger charge is -2.09. The number of hydrogen-bond acceptors (Lipinski definition) is 3. The molecule has 5 heteroatoms. The van der Waals surface area contributed by atoms with Gasteiger partial charge in [0, 0.05) is 13.3 Å². The minimum absolute atomic E-state index is 0. The summed E-state index contributed by atoms with van der Waals surface area (Å²) in [6.07, 6.45) is 1.66. The first-order chi connectivity index (χ1) is 5.18. The highest BCUT2D eigenvalue weighted by molar-refractivity contribution is 5.85. The number of ether oxygens (including phenoxy) is 1. The molecule has 0 amide bonds. The van der Waals surface area contributed by atoms with Crippen LogP contribution in [0.25, 0.3) is 0 Å². The van der Waals surface area contributed by atoms with Crippen LogP contribution in [0.4, 0.5) is 0 Å². The van der Waals surface area contributed by atoms with Gasteiger partial charge in [0.05, 0.1) is 11.9 Å². The first kappa shape index (κ1) is 11.2. The van der Waals surface area contributed by atoms with Crippen LogP contribution in [-0.2, 0) is 9.53 Å². The van der Waals surface area contributed by atoms with Gasteiger partial charge in [-0.05, 0) is 6.42 Å². The van der Waals surface area contributed by atoms with E-state index in [9.17, 15) is 4.79 Å². The summed E-state index contributed by atoms with van der Waals surface area (Å²) in [5.74, 6) is 0.285. The van der Waals surface area contributed by atoms with Crippen molar-refractivity contribution in [2.75, 3.05) is 6.61 Å². The van der Waals surface area contributed by atoms with E-state index in [4.69, 9.17) is 10.1 Å². The van der Waals surface area contributed by atoms with Gasteiger partial charge in [-0.3, -0.25) is 10.2 Å². The highest BCUT2D eigenvalue weighted by Crippen LogP contribution is 2.06. The average Bonchev–Trinajstić information content (AvgIpc) is 2.31. The Morgan fingerprint density at radius 1 is 1.83 bits per heavy atom. The summed E-state index contributed by atoms with van der Waals surface area (Å²) in [7, 11) is 0. The first-order valence-corrected chi connectivity index (χ1v) is 3.66. The zero-order chi connectivity index (χ0) is 8.27. The minimum Gasteiger partial charge on any atom is -0.464 e. The zero-order valence-electron chi connectivity index (χ0n) is 6.92. The molecule has 0 aromatic carbocycles. The molecule has 1 aliphatic heterocycles. The van der Waals surface area contributed by atoms with Crippen LogP contribution in [0.3, 0.4) is 0 Å². The number of carbonyl (C=O) groups excluding carboxylic acids is 1. The fourth-order valence-electron chi connectivity index (χ4n) is 1.05. The average molecular weight is 193 g/mol. The van der Waals surface area contributed by atoms with Crippen LogP contribution < -0.4 is 5.32 Å². The van der Waals surface area contributed by atoms with E-state index in [1.165, 1.54) is 6.92 Å². The maximum atomic E-state index is 10.4.